The summed E-state index contributed by atoms with van der Waals surface area (Å²) in [5, 5.41) is 11.3. The van der Waals surface area contributed by atoms with Crippen molar-refractivity contribution in [2.24, 2.45) is 0 Å². The van der Waals surface area contributed by atoms with Crippen LogP contribution in [0.2, 0.25) is 0 Å². The Labute approximate surface area is 177 Å². The molecule has 1 aliphatic heterocycles. The molecule has 31 heavy (non-hydrogen) atoms. The number of nitrogens with one attached hydrogen (secondary N) is 1. The van der Waals surface area contributed by atoms with Gasteiger partial charge >= 0.3 is 6.18 Å². The number of amides is 1. The maximum absolute atomic E-state index is 12.9. The number of aromatic nitrogens is 2. The van der Waals surface area contributed by atoms with Gasteiger partial charge in [0.05, 0.1) is 11.3 Å². The lowest BCUT2D eigenvalue weighted by molar-refractivity contribution is -0.137. The van der Waals surface area contributed by atoms with E-state index in [1.807, 2.05) is 18.2 Å². The lowest BCUT2D eigenvalue weighted by Crippen LogP contribution is -2.30. The Kier molecular flexibility index (Phi) is 5.88. The van der Waals surface area contributed by atoms with E-state index in [4.69, 9.17) is 0 Å². The fourth-order valence-corrected chi connectivity index (χ4v) is 3.57. The number of alkyl halides is 3. The van der Waals surface area contributed by atoms with Gasteiger partial charge in [0.25, 0.3) is 5.91 Å². The van der Waals surface area contributed by atoms with Crippen molar-refractivity contribution in [2.45, 2.75) is 25.4 Å². The molecule has 0 unspecified atom stereocenters. The zero-order chi connectivity index (χ0) is 21.8. The van der Waals surface area contributed by atoms with Crippen LogP contribution in [0.5, 0.6) is 0 Å². The molecule has 0 bridgehead atoms. The molecule has 3 aromatic rings. The maximum atomic E-state index is 12.9. The molecule has 0 radical (unpaired) electrons. The molecule has 5 nitrogen and oxygen atoms in total. The normalized spacial score (nSPS) is 14.4. The molecule has 1 fully saturated rings. The molecule has 2 aromatic carbocycles. The van der Waals surface area contributed by atoms with E-state index in [1.165, 1.54) is 18.6 Å². The minimum absolute atomic E-state index is 0.0640. The minimum Gasteiger partial charge on any atom is -0.355 e. The molecule has 0 aliphatic carbocycles. The van der Waals surface area contributed by atoms with Gasteiger partial charge in [0.1, 0.15) is 0 Å². The second-order valence-corrected chi connectivity index (χ2v) is 7.44. The van der Waals surface area contributed by atoms with Crippen molar-refractivity contribution in [3.63, 3.8) is 0 Å². The van der Waals surface area contributed by atoms with Crippen LogP contribution in [0.1, 0.15) is 35.2 Å². The molecule has 1 saturated heterocycles. The molecule has 0 saturated carbocycles. The zero-order valence-corrected chi connectivity index (χ0v) is 16.7. The van der Waals surface area contributed by atoms with E-state index < -0.39 is 17.6 Å². The number of hydrogen-bond donors (Lipinski definition) is 1. The zero-order valence-electron chi connectivity index (χ0n) is 16.7. The van der Waals surface area contributed by atoms with Gasteiger partial charge in [-0.3, -0.25) is 4.79 Å². The largest absolute Gasteiger partial charge is 0.416 e. The molecule has 1 aromatic heterocycles. The Morgan fingerprint density at radius 2 is 1.68 bits per heavy atom. The third kappa shape index (κ3) is 5.02. The van der Waals surface area contributed by atoms with E-state index in [9.17, 15) is 18.0 Å². The molecular weight excluding hydrogens is 405 g/mol. The van der Waals surface area contributed by atoms with Crippen molar-refractivity contribution >= 4 is 17.4 Å². The van der Waals surface area contributed by atoms with Crippen molar-refractivity contribution in [1.29, 1.82) is 0 Å². The van der Waals surface area contributed by atoms with Crippen molar-refractivity contribution < 1.29 is 18.0 Å². The van der Waals surface area contributed by atoms with E-state index in [-0.39, 0.29) is 5.56 Å². The molecule has 1 N–H and O–H groups in total. The lowest BCUT2D eigenvalue weighted by Gasteiger charge is -2.27. The molecule has 160 valence electrons. The number of nitrogens with zero attached hydrogens (tertiary/aromatic N) is 3. The van der Waals surface area contributed by atoms with Gasteiger partial charge in [0, 0.05) is 29.9 Å². The van der Waals surface area contributed by atoms with E-state index in [1.54, 1.807) is 18.2 Å². The summed E-state index contributed by atoms with van der Waals surface area (Å²) in [7, 11) is 0. The SMILES string of the molecule is O=C(Nc1cccc(-c2ccc(N3CCCCC3)nn2)c1)c1cccc(C(F)(F)F)c1. The second-order valence-electron chi connectivity index (χ2n) is 7.44. The van der Waals surface area contributed by atoms with Crippen molar-refractivity contribution in [2.75, 3.05) is 23.3 Å². The van der Waals surface area contributed by atoms with Crippen LogP contribution in [0.15, 0.2) is 60.7 Å². The summed E-state index contributed by atoms with van der Waals surface area (Å²) in [6.07, 6.45) is -0.968. The summed E-state index contributed by atoms with van der Waals surface area (Å²) < 4.78 is 38.7. The van der Waals surface area contributed by atoms with Gasteiger partial charge < -0.3 is 10.2 Å². The molecule has 0 spiro atoms. The number of halogens is 3. The Balaban J connectivity index is 1.49. The average molecular weight is 426 g/mol. The number of anilines is 2. The summed E-state index contributed by atoms with van der Waals surface area (Å²) in [6, 6.07) is 15.1. The highest BCUT2D eigenvalue weighted by Gasteiger charge is 2.30. The Hall–Kier alpha value is -3.42. The number of benzene rings is 2. The van der Waals surface area contributed by atoms with E-state index in [0.29, 0.717) is 11.4 Å². The van der Waals surface area contributed by atoms with Crippen LogP contribution in [0.25, 0.3) is 11.3 Å². The average Bonchev–Trinajstić information content (AvgIpc) is 2.79. The van der Waals surface area contributed by atoms with Crippen LogP contribution in [0.4, 0.5) is 24.7 Å². The van der Waals surface area contributed by atoms with E-state index >= 15 is 0 Å². The molecule has 1 amide bonds. The summed E-state index contributed by atoms with van der Waals surface area (Å²) >= 11 is 0. The van der Waals surface area contributed by atoms with Crippen LogP contribution < -0.4 is 10.2 Å². The highest BCUT2D eigenvalue weighted by Crippen LogP contribution is 2.30. The first-order valence-electron chi connectivity index (χ1n) is 10.1. The lowest BCUT2D eigenvalue weighted by atomic mass is 10.1. The molecular formula is C23H21F3N4O. The van der Waals surface area contributed by atoms with Crippen molar-refractivity contribution in [3.05, 3.63) is 71.8 Å². The first kappa shape index (κ1) is 20.8. The van der Waals surface area contributed by atoms with Gasteiger partial charge in [0.15, 0.2) is 5.82 Å². The quantitative estimate of drug-likeness (QED) is 0.607. The number of carbonyl (C=O) groups excluding carboxylic acids is 1. The Morgan fingerprint density at radius 1 is 0.903 bits per heavy atom. The number of piperidine rings is 1. The summed E-state index contributed by atoms with van der Waals surface area (Å²) in [4.78, 5) is 14.7. The van der Waals surface area contributed by atoms with Gasteiger partial charge in [-0.15, -0.1) is 10.2 Å². The van der Waals surface area contributed by atoms with Crippen LogP contribution >= 0.6 is 0 Å². The van der Waals surface area contributed by atoms with Gasteiger partial charge in [-0.05, 0) is 61.7 Å². The minimum atomic E-state index is -4.50. The van der Waals surface area contributed by atoms with Crippen LogP contribution in [0.3, 0.4) is 0 Å². The summed E-state index contributed by atoms with van der Waals surface area (Å²) in [5.41, 5.74) is 0.932. The van der Waals surface area contributed by atoms with Crippen molar-refractivity contribution in [1.82, 2.24) is 10.2 Å². The molecule has 8 heteroatoms. The molecule has 2 heterocycles. The monoisotopic (exact) mass is 426 g/mol. The first-order chi connectivity index (χ1) is 14.9. The molecule has 0 atom stereocenters. The number of hydrogen-bond acceptors (Lipinski definition) is 4. The highest BCUT2D eigenvalue weighted by atomic mass is 19.4. The third-order valence-corrected chi connectivity index (χ3v) is 5.20. The Morgan fingerprint density at radius 3 is 2.39 bits per heavy atom. The van der Waals surface area contributed by atoms with Gasteiger partial charge in [-0.25, -0.2) is 0 Å². The maximum Gasteiger partial charge on any atom is 0.416 e. The highest BCUT2D eigenvalue weighted by molar-refractivity contribution is 6.04. The van der Waals surface area contributed by atoms with E-state index in [2.05, 4.69) is 20.4 Å². The fourth-order valence-electron chi connectivity index (χ4n) is 3.57. The van der Waals surface area contributed by atoms with Crippen LogP contribution in [-0.4, -0.2) is 29.2 Å². The van der Waals surface area contributed by atoms with Gasteiger partial charge in [0.2, 0.25) is 0 Å². The predicted molar refractivity (Wildman–Crippen MR) is 113 cm³/mol. The smallest absolute Gasteiger partial charge is 0.355 e. The Bertz CT molecular complexity index is 1060. The summed E-state index contributed by atoms with van der Waals surface area (Å²) in [6.45, 7) is 1.95. The fraction of sp³-hybridized carbons (Fsp3) is 0.261. The number of carbonyl (C=O) groups is 1. The van der Waals surface area contributed by atoms with Crippen molar-refractivity contribution in [3.8, 4) is 11.3 Å². The summed E-state index contributed by atoms with van der Waals surface area (Å²) in [5.74, 6) is 0.229. The van der Waals surface area contributed by atoms with E-state index in [0.717, 1.165) is 49.4 Å². The van der Waals surface area contributed by atoms with Gasteiger partial charge in [-0.2, -0.15) is 13.2 Å². The molecule has 4 rings (SSSR count). The number of rotatable bonds is 4. The molecule has 1 aliphatic rings. The van der Waals surface area contributed by atoms with Crippen LogP contribution in [-0.2, 0) is 6.18 Å². The third-order valence-electron chi connectivity index (χ3n) is 5.20. The topological polar surface area (TPSA) is 58.1 Å². The predicted octanol–water partition coefficient (Wildman–Crippen LogP) is 5.41. The first-order valence-corrected chi connectivity index (χ1v) is 10.1. The van der Waals surface area contributed by atoms with Gasteiger partial charge in [-0.1, -0.05) is 18.2 Å². The second kappa shape index (κ2) is 8.75. The van der Waals surface area contributed by atoms with Crippen LogP contribution in [0, 0.1) is 0 Å². The standard InChI is InChI=1S/C23H21F3N4O/c24-23(25,26)18-8-4-7-17(14-18)22(31)27-19-9-5-6-16(15-19)20-10-11-21(29-28-20)30-12-2-1-3-13-30/h4-11,14-15H,1-3,12-13H2,(H,27,31).